The van der Waals surface area contributed by atoms with Crippen molar-refractivity contribution in [3.05, 3.63) is 35.9 Å². The second-order valence-corrected chi connectivity index (χ2v) is 14.1. The number of benzene rings is 1. The van der Waals surface area contributed by atoms with Crippen LogP contribution in [0.4, 0.5) is 0 Å². The van der Waals surface area contributed by atoms with E-state index in [0.29, 0.717) is 18.8 Å². The molecule has 0 unspecified atom stereocenters. The number of hydrogen-bond donors (Lipinski definition) is 3. The molecule has 2 bridgehead atoms. The highest BCUT2D eigenvalue weighted by Crippen LogP contribution is 2.60. The summed E-state index contributed by atoms with van der Waals surface area (Å²) < 4.78 is 18.4. The van der Waals surface area contributed by atoms with Crippen molar-refractivity contribution in [2.75, 3.05) is 0 Å². The van der Waals surface area contributed by atoms with Gasteiger partial charge in [0, 0.05) is 31.1 Å². The number of carbonyl (C=O) groups excluding carboxylic acids is 3. The van der Waals surface area contributed by atoms with Crippen LogP contribution in [-0.2, 0) is 49.6 Å². The Hall–Kier alpha value is -3.06. The van der Waals surface area contributed by atoms with Crippen molar-refractivity contribution in [3.8, 4) is 0 Å². The summed E-state index contributed by atoms with van der Waals surface area (Å²) in [6, 6.07) is 6.86. The van der Waals surface area contributed by atoms with Crippen molar-refractivity contribution >= 4 is 23.8 Å². The Kier molecular flexibility index (Phi) is 10.4. The molecule has 4 saturated heterocycles. The summed E-state index contributed by atoms with van der Waals surface area (Å²) in [6.45, 7) is 9.83. The normalized spacial score (nSPS) is 34.5. The zero-order valence-corrected chi connectivity index (χ0v) is 27.4. The fraction of sp³-hybridized carbons (Fsp3) is 0.706. The Labute approximate surface area is 270 Å². The van der Waals surface area contributed by atoms with Crippen LogP contribution in [0.15, 0.2) is 30.3 Å². The predicted molar refractivity (Wildman–Crippen MR) is 163 cm³/mol. The molecule has 1 spiro atoms. The number of ether oxygens (including phenoxy) is 3. The molecule has 1 aliphatic carbocycles. The average Bonchev–Trinajstić information content (AvgIpc) is 3.24. The van der Waals surface area contributed by atoms with Gasteiger partial charge in [0.1, 0.15) is 12.1 Å². The van der Waals surface area contributed by atoms with Gasteiger partial charge in [-0.05, 0) is 55.9 Å². The van der Waals surface area contributed by atoms with Gasteiger partial charge in [0.05, 0.1) is 6.42 Å². The molecule has 10 atom stereocenters. The van der Waals surface area contributed by atoms with Crippen LogP contribution in [-0.4, -0.2) is 64.9 Å². The second kappa shape index (κ2) is 14.0. The second-order valence-electron chi connectivity index (χ2n) is 14.1. The maximum absolute atomic E-state index is 13.2. The maximum atomic E-state index is 13.2. The van der Waals surface area contributed by atoms with Gasteiger partial charge in [-0.15, -0.1) is 0 Å². The van der Waals surface area contributed by atoms with E-state index in [2.05, 4.69) is 17.6 Å². The van der Waals surface area contributed by atoms with E-state index >= 15 is 0 Å². The molecule has 46 heavy (non-hydrogen) atoms. The molecule has 254 valence electrons. The lowest BCUT2D eigenvalue weighted by molar-refractivity contribution is -0.576. The molecule has 1 saturated carbocycles. The Morgan fingerprint density at radius 2 is 1.72 bits per heavy atom. The van der Waals surface area contributed by atoms with E-state index in [4.69, 9.17) is 24.0 Å². The maximum Gasteiger partial charge on any atom is 0.326 e. The van der Waals surface area contributed by atoms with Crippen LogP contribution in [0, 0.1) is 29.6 Å². The summed E-state index contributed by atoms with van der Waals surface area (Å²) in [6.07, 6.45) is 1.75. The predicted octanol–water partition coefficient (Wildman–Crippen LogP) is 3.86. The molecule has 4 heterocycles. The summed E-state index contributed by atoms with van der Waals surface area (Å²) in [5.41, 5.74) is -0.0153. The van der Waals surface area contributed by atoms with Gasteiger partial charge >= 0.3 is 11.9 Å². The topological polar surface area (TPSA) is 159 Å². The SMILES string of the molecule is CC(C)C[C@H](NC(=O)CCC(=O)O[C@@H]1O[C@H]2O[C@@]3(C)CC[C@H]4[C@H](C)CC[C@H]([C@H]1C)[C@@]24OO3)C(=O)N[C@@H](Cc1ccccc1)C(=O)O. The first-order chi connectivity index (χ1) is 21.8. The quantitative estimate of drug-likeness (QED) is 0.225. The minimum Gasteiger partial charge on any atom is -0.480 e. The van der Waals surface area contributed by atoms with Crippen LogP contribution >= 0.6 is 0 Å². The van der Waals surface area contributed by atoms with Gasteiger partial charge in [-0.2, -0.15) is 0 Å². The third kappa shape index (κ3) is 7.25. The first-order valence-corrected chi connectivity index (χ1v) is 16.6. The van der Waals surface area contributed by atoms with E-state index in [-0.39, 0.29) is 42.9 Å². The summed E-state index contributed by atoms with van der Waals surface area (Å²) in [5, 5.41) is 15.0. The lowest BCUT2D eigenvalue weighted by atomic mass is 9.58. The van der Waals surface area contributed by atoms with Crippen molar-refractivity contribution in [2.45, 2.75) is 122 Å². The van der Waals surface area contributed by atoms with Crippen molar-refractivity contribution < 1.29 is 48.3 Å². The number of amides is 2. The van der Waals surface area contributed by atoms with E-state index < -0.39 is 59.8 Å². The lowest BCUT2D eigenvalue weighted by Gasteiger charge is -2.59. The number of carboxylic acid groups (broad SMARTS) is 1. The molecular formula is C34H48N2O10. The minimum absolute atomic E-state index is 0.0111. The van der Waals surface area contributed by atoms with Gasteiger partial charge in [-0.25, -0.2) is 14.6 Å². The van der Waals surface area contributed by atoms with Crippen molar-refractivity contribution in [2.24, 2.45) is 29.6 Å². The van der Waals surface area contributed by atoms with Gasteiger partial charge in [0.15, 0.2) is 11.9 Å². The molecule has 3 N–H and O–H groups in total. The lowest BCUT2D eigenvalue weighted by Crippen LogP contribution is -2.70. The molecule has 5 fully saturated rings. The summed E-state index contributed by atoms with van der Waals surface area (Å²) >= 11 is 0. The molecule has 0 aromatic heterocycles. The third-order valence-corrected chi connectivity index (χ3v) is 10.2. The highest BCUT2D eigenvalue weighted by molar-refractivity contribution is 5.91. The van der Waals surface area contributed by atoms with Gasteiger partial charge in [0.25, 0.3) is 0 Å². The molecule has 2 amide bonds. The van der Waals surface area contributed by atoms with Crippen molar-refractivity contribution in [3.63, 3.8) is 0 Å². The molecule has 4 aliphatic heterocycles. The Bertz CT molecular complexity index is 1280. The van der Waals surface area contributed by atoms with Gasteiger partial charge in [0.2, 0.25) is 23.9 Å². The fourth-order valence-corrected chi connectivity index (χ4v) is 7.70. The van der Waals surface area contributed by atoms with Crippen molar-refractivity contribution in [1.82, 2.24) is 10.6 Å². The molecule has 12 nitrogen and oxygen atoms in total. The molecule has 12 heteroatoms. The number of carboxylic acids is 1. The van der Waals surface area contributed by atoms with E-state index in [1.807, 2.05) is 33.8 Å². The zero-order chi connectivity index (χ0) is 33.2. The number of nitrogens with one attached hydrogen (secondary N) is 2. The van der Waals surface area contributed by atoms with E-state index in [0.717, 1.165) is 24.8 Å². The first kappa shape index (κ1) is 34.3. The Balaban J connectivity index is 1.16. The van der Waals surface area contributed by atoms with Crippen molar-refractivity contribution in [1.29, 1.82) is 0 Å². The molecule has 0 radical (unpaired) electrons. The third-order valence-electron chi connectivity index (χ3n) is 10.2. The summed E-state index contributed by atoms with van der Waals surface area (Å²) in [5.74, 6) is -3.43. The number of esters is 1. The molecular weight excluding hydrogens is 596 g/mol. The summed E-state index contributed by atoms with van der Waals surface area (Å²) in [7, 11) is 0. The number of aliphatic carboxylic acids is 1. The van der Waals surface area contributed by atoms with Gasteiger partial charge in [-0.1, -0.05) is 58.0 Å². The Morgan fingerprint density at radius 1 is 0.978 bits per heavy atom. The standard InChI is InChI=1S/C34H48N2O10/c1-19(2)17-25(29(39)36-26(30(40)41)18-22-9-7-6-8-10-22)35-27(37)13-14-28(38)42-31-21(4)24-12-11-20(3)23-15-16-33(5)44-32(43-31)34(23,24)46-45-33/h6-10,19-21,23-26,31-32H,11-18H2,1-5H3,(H,35,37)(H,36,39)(H,40,41)/t20-,21-,23+,24-,25+,26+,31-,32+,33-,34-/m1/s1. The minimum atomic E-state index is -1.17. The largest absolute Gasteiger partial charge is 0.480 e. The van der Waals surface area contributed by atoms with Gasteiger partial charge in [-0.3, -0.25) is 14.4 Å². The van der Waals surface area contributed by atoms with E-state index in [9.17, 15) is 24.3 Å². The van der Waals surface area contributed by atoms with Crippen LogP contribution in [0.2, 0.25) is 0 Å². The number of fused-ring (bicyclic) bond motifs is 2. The molecule has 5 aliphatic rings. The smallest absolute Gasteiger partial charge is 0.326 e. The van der Waals surface area contributed by atoms with E-state index in [1.54, 1.807) is 24.3 Å². The molecule has 1 aromatic carbocycles. The first-order valence-electron chi connectivity index (χ1n) is 16.6. The number of carbonyl (C=O) groups is 4. The van der Waals surface area contributed by atoms with Crippen LogP contribution in [0.3, 0.4) is 0 Å². The van der Waals surface area contributed by atoms with Gasteiger partial charge < -0.3 is 30.0 Å². The molecule has 6 rings (SSSR count). The van der Waals surface area contributed by atoms with Crippen LogP contribution in [0.1, 0.15) is 85.1 Å². The van der Waals surface area contributed by atoms with Crippen LogP contribution < -0.4 is 10.6 Å². The number of hydrogen-bond acceptors (Lipinski definition) is 9. The van der Waals surface area contributed by atoms with Crippen LogP contribution in [0.5, 0.6) is 0 Å². The Morgan fingerprint density at radius 3 is 2.41 bits per heavy atom. The summed E-state index contributed by atoms with van der Waals surface area (Å²) in [4.78, 5) is 63.0. The molecule has 1 aromatic rings. The highest BCUT2D eigenvalue weighted by Gasteiger charge is 2.69. The van der Waals surface area contributed by atoms with Crippen LogP contribution in [0.25, 0.3) is 0 Å². The average molecular weight is 645 g/mol. The number of rotatable bonds is 12. The highest BCUT2D eigenvalue weighted by atomic mass is 17.3. The van der Waals surface area contributed by atoms with E-state index in [1.165, 1.54) is 0 Å². The monoisotopic (exact) mass is 644 g/mol. The fourth-order valence-electron chi connectivity index (χ4n) is 7.70. The zero-order valence-electron chi connectivity index (χ0n) is 27.4.